The molecule has 0 spiro atoms. The lowest BCUT2D eigenvalue weighted by Crippen LogP contribution is -2.49. The van der Waals surface area contributed by atoms with Gasteiger partial charge in [-0.1, -0.05) is 47.7 Å². The number of amides is 1. The van der Waals surface area contributed by atoms with Gasteiger partial charge < -0.3 is 4.90 Å². The molecule has 4 aromatic rings. The summed E-state index contributed by atoms with van der Waals surface area (Å²) < 4.78 is 1.68. The lowest BCUT2D eigenvalue weighted by atomic mass is 10.2. The highest BCUT2D eigenvalue weighted by molar-refractivity contribution is 7.13. The van der Waals surface area contributed by atoms with Crippen LogP contribution in [0.15, 0.2) is 60.0 Å². The molecule has 1 fully saturated rings. The largest absolute Gasteiger partial charge is 0.339 e. The molecular formula is C22H22N6OS. The van der Waals surface area contributed by atoms with Crippen molar-refractivity contribution in [3.63, 3.8) is 0 Å². The van der Waals surface area contributed by atoms with Gasteiger partial charge in [0, 0.05) is 43.7 Å². The Balaban J connectivity index is 1.16. The second-order valence-electron chi connectivity index (χ2n) is 7.40. The second kappa shape index (κ2) is 8.33. The van der Waals surface area contributed by atoms with E-state index in [-0.39, 0.29) is 12.5 Å². The summed E-state index contributed by atoms with van der Waals surface area (Å²) in [5.41, 5.74) is 3.95. The number of benzene rings is 2. The molecule has 1 aliphatic heterocycles. The van der Waals surface area contributed by atoms with Crippen LogP contribution in [0.5, 0.6) is 0 Å². The summed E-state index contributed by atoms with van der Waals surface area (Å²) in [7, 11) is 0. The number of thiazole rings is 1. The molecule has 1 saturated heterocycles. The van der Waals surface area contributed by atoms with Crippen LogP contribution >= 0.6 is 11.3 Å². The van der Waals surface area contributed by atoms with Crippen molar-refractivity contribution in [2.75, 3.05) is 26.2 Å². The normalized spacial score (nSPS) is 15.0. The van der Waals surface area contributed by atoms with Crippen LogP contribution in [0.3, 0.4) is 0 Å². The van der Waals surface area contributed by atoms with Crippen LogP contribution < -0.4 is 0 Å². The van der Waals surface area contributed by atoms with Crippen molar-refractivity contribution >= 4 is 28.3 Å². The van der Waals surface area contributed by atoms with Gasteiger partial charge in [-0.15, -0.1) is 16.4 Å². The molecule has 3 heterocycles. The van der Waals surface area contributed by atoms with Crippen molar-refractivity contribution in [2.24, 2.45) is 0 Å². The SMILES string of the molecule is O=C(Cn1nnc2ccccc21)N1CCN(Cc2csc(-c3ccccc3)n2)CC1. The van der Waals surface area contributed by atoms with Crippen molar-refractivity contribution < 1.29 is 4.79 Å². The third kappa shape index (κ3) is 3.96. The third-order valence-corrected chi connectivity index (χ3v) is 6.33. The summed E-state index contributed by atoms with van der Waals surface area (Å²) >= 11 is 1.68. The molecule has 0 bridgehead atoms. The van der Waals surface area contributed by atoms with Crippen LogP contribution in [0.1, 0.15) is 5.69 Å². The van der Waals surface area contributed by atoms with Gasteiger partial charge in [0.1, 0.15) is 17.1 Å². The lowest BCUT2D eigenvalue weighted by molar-refractivity contribution is -0.133. The van der Waals surface area contributed by atoms with Crippen molar-refractivity contribution in [1.29, 1.82) is 0 Å². The molecule has 0 aliphatic carbocycles. The zero-order valence-corrected chi connectivity index (χ0v) is 17.3. The first-order chi connectivity index (χ1) is 14.8. The Labute approximate surface area is 178 Å². The Morgan fingerprint density at radius 2 is 1.73 bits per heavy atom. The topological polar surface area (TPSA) is 67.2 Å². The monoisotopic (exact) mass is 418 g/mol. The molecule has 8 heteroatoms. The molecule has 30 heavy (non-hydrogen) atoms. The predicted octanol–water partition coefficient (Wildman–Crippen LogP) is 2.90. The van der Waals surface area contributed by atoms with E-state index in [0.29, 0.717) is 0 Å². The van der Waals surface area contributed by atoms with E-state index >= 15 is 0 Å². The van der Waals surface area contributed by atoms with E-state index < -0.39 is 0 Å². The van der Waals surface area contributed by atoms with Crippen LogP contribution in [0, 0.1) is 0 Å². The number of hydrogen-bond donors (Lipinski definition) is 0. The Morgan fingerprint density at radius 1 is 0.967 bits per heavy atom. The second-order valence-corrected chi connectivity index (χ2v) is 8.26. The number of carbonyl (C=O) groups is 1. The van der Waals surface area contributed by atoms with Gasteiger partial charge in [-0.3, -0.25) is 9.69 Å². The van der Waals surface area contributed by atoms with E-state index in [1.807, 2.05) is 47.4 Å². The summed E-state index contributed by atoms with van der Waals surface area (Å²) in [5, 5.41) is 11.4. The fraction of sp³-hybridized carbons (Fsp3) is 0.273. The van der Waals surface area contributed by atoms with Gasteiger partial charge in [0.05, 0.1) is 11.2 Å². The number of carbonyl (C=O) groups excluding carboxylic acids is 1. The summed E-state index contributed by atoms with van der Waals surface area (Å²) in [4.78, 5) is 21.8. The zero-order valence-electron chi connectivity index (χ0n) is 16.5. The van der Waals surface area contributed by atoms with E-state index in [2.05, 4.69) is 32.7 Å². The Hall–Kier alpha value is -3.10. The molecule has 1 aliphatic rings. The van der Waals surface area contributed by atoms with Crippen LogP contribution in [0.25, 0.3) is 21.6 Å². The molecule has 0 N–H and O–H groups in total. The van der Waals surface area contributed by atoms with Crippen LogP contribution in [-0.2, 0) is 17.9 Å². The number of hydrogen-bond acceptors (Lipinski definition) is 6. The maximum atomic E-state index is 12.7. The molecule has 0 radical (unpaired) electrons. The minimum Gasteiger partial charge on any atom is -0.339 e. The maximum Gasteiger partial charge on any atom is 0.244 e. The highest BCUT2D eigenvalue weighted by Crippen LogP contribution is 2.24. The molecule has 0 saturated carbocycles. The number of para-hydroxylation sites is 1. The third-order valence-electron chi connectivity index (χ3n) is 5.39. The van der Waals surface area contributed by atoms with Crippen LogP contribution in [0.4, 0.5) is 0 Å². The molecule has 5 rings (SSSR count). The van der Waals surface area contributed by atoms with Crippen molar-refractivity contribution in [2.45, 2.75) is 13.1 Å². The molecule has 1 amide bonds. The van der Waals surface area contributed by atoms with Crippen molar-refractivity contribution in [3.05, 3.63) is 65.7 Å². The molecule has 2 aromatic heterocycles. The lowest BCUT2D eigenvalue weighted by Gasteiger charge is -2.34. The van der Waals surface area contributed by atoms with E-state index in [9.17, 15) is 4.79 Å². The first-order valence-corrected chi connectivity index (χ1v) is 10.9. The Kier molecular flexibility index (Phi) is 5.25. The van der Waals surface area contributed by atoms with E-state index in [4.69, 9.17) is 4.98 Å². The molecule has 7 nitrogen and oxygen atoms in total. The number of nitrogens with zero attached hydrogens (tertiary/aromatic N) is 6. The minimum absolute atomic E-state index is 0.0883. The van der Waals surface area contributed by atoms with Gasteiger partial charge in [-0.2, -0.15) is 0 Å². The molecule has 0 atom stereocenters. The summed E-state index contributed by atoms with van der Waals surface area (Å²) in [6.07, 6.45) is 0. The Morgan fingerprint density at radius 3 is 2.57 bits per heavy atom. The summed E-state index contributed by atoms with van der Waals surface area (Å²) in [6.45, 7) is 4.19. The highest BCUT2D eigenvalue weighted by atomic mass is 32.1. The summed E-state index contributed by atoms with van der Waals surface area (Å²) in [6, 6.07) is 18.0. The number of fused-ring (bicyclic) bond motifs is 1. The first kappa shape index (κ1) is 18.9. The standard InChI is InChI=1S/C22H22N6OS/c29-21(15-28-20-9-5-4-8-19(20)24-25-28)27-12-10-26(11-13-27)14-18-16-30-22(23-18)17-6-2-1-3-7-17/h1-9,16H,10-15H2. The number of rotatable bonds is 5. The predicted molar refractivity (Wildman–Crippen MR) is 117 cm³/mol. The van der Waals surface area contributed by atoms with Gasteiger partial charge in [0.15, 0.2) is 0 Å². The van der Waals surface area contributed by atoms with Gasteiger partial charge >= 0.3 is 0 Å². The van der Waals surface area contributed by atoms with Crippen LogP contribution in [-0.4, -0.2) is 61.9 Å². The van der Waals surface area contributed by atoms with E-state index in [1.165, 1.54) is 0 Å². The van der Waals surface area contributed by atoms with Gasteiger partial charge in [0.2, 0.25) is 5.91 Å². The van der Waals surface area contributed by atoms with Crippen LogP contribution in [0.2, 0.25) is 0 Å². The van der Waals surface area contributed by atoms with E-state index in [0.717, 1.165) is 60.0 Å². The van der Waals surface area contributed by atoms with E-state index in [1.54, 1.807) is 16.0 Å². The average Bonchev–Trinajstić information content (AvgIpc) is 3.42. The fourth-order valence-corrected chi connectivity index (χ4v) is 4.56. The molecule has 0 unspecified atom stereocenters. The zero-order chi connectivity index (χ0) is 20.3. The maximum absolute atomic E-state index is 12.7. The van der Waals surface area contributed by atoms with Crippen molar-refractivity contribution in [1.82, 2.24) is 29.8 Å². The fourth-order valence-electron chi connectivity index (χ4n) is 3.74. The van der Waals surface area contributed by atoms with Gasteiger partial charge in [0.25, 0.3) is 0 Å². The number of piperazine rings is 1. The molecule has 152 valence electrons. The highest BCUT2D eigenvalue weighted by Gasteiger charge is 2.22. The minimum atomic E-state index is 0.0883. The number of aromatic nitrogens is 4. The average molecular weight is 419 g/mol. The van der Waals surface area contributed by atoms with Crippen molar-refractivity contribution in [3.8, 4) is 10.6 Å². The summed E-state index contributed by atoms with van der Waals surface area (Å²) in [5.74, 6) is 0.0883. The Bertz CT molecular complexity index is 1150. The quantitative estimate of drug-likeness (QED) is 0.499. The van der Waals surface area contributed by atoms with Gasteiger partial charge in [-0.05, 0) is 12.1 Å². The first-order valence-electron chi connectivity index (χ1n) is 10.0. The molecule has 2 aromatic carbocycles. The molecular weight excluding hydrogens is 396 g/mol. The van der Waals surface area contributed by atoms with Gasteiger partial charge in [-0.25, -0.2) is 9.67 Å². The smallest absolute Gasteiger partial charge is 0.244 e.